The van der Waals surface area contributed by atoms with E-state index in [1.165, 1.54) is 44.5 Å². The number of anilines is 3. The maximum absolute atomic E-state index is 5.70. The number of nitrogens with one attached hydrogen (secondary N) is 1. The Labute approximate surface area is 317 Å². The number of halogens is 1. The van der Waals surface area contributed by atoms with Gasteiger partial charge < -0.3 is 11.1 Å². The summed E-state index contributed by atoms with van der Waals surface area (Å²) < 4.78 is 1.12. The number of benzene rings is 8. The van der Waals surface area contributed by atoms with Crippen molar-refractivity contribution in [2.45, 2.75) is 7.43 Å². The normalized spacial score (nSPS) is 9.94. The van der Waals surface area contributed by atoms with E-state index in [4.69, 9.17) is 5.73 Å². The van der Waals surface area contributed by atoms with Gasteiger partial charge in [0.25, 0.3) is 0 Å². The van der Waals surface area contributed by atoms with Gasteiger partial charge in [0.05, 0.1) is 0 Å². The van der Waals surface area contributed by atoms with Crippen LogP contribution in [0.1, 0.15) is 7.43 Å². The van der Waals surface area contributed by atoms with E-state index < -0.39 is 0 Å². The maximum atomic E-state index is 5.70. The second-order valence-electron chi connectivity index (χ2n) is 11.9. The van der Waals surface area contributed by atoms with E-state index in [2.05, 4.69) is 173 Å². The van der Waals surface area contributed by atoms with Gasteiger partial charge in [-0.05, 0) is 93.0 Å². The van der Waals surface area contributed by atoms with Crippen molar-refractivity contribution in [3.8, 4) is 44.5 Å². The van der Waals surface area contributed by atoms with Crippen LogP contribution in [-0.4, -0.2) is 0 Å². The molecule has 3 heteroatoms. The molecule has 0 aliphatic rings. The summed E-state index contributed by atoms with van der Waals surface area (Å²) in [7, 11) is 0. The minimum atomic E-state index is 0. The van der Waals surface area contributed by atoms with E-state index in [0.717, 1.165) is 21.5 Å². The first-order valence-electron chi connectivity index (χ1n) is 16.9. The Morgan fingerprint density at radius 1 is 0.308 bits per heavy atom. The standard InChI is InChI=1S/C24H19N.C12H9Br.C12H11N.CH4/c1-3-9-19(10-4-1)21-13-7-15-23(17-21)25-24-16-8-14-22(18-24)20-11-5-2-6-12-20;2*13-12-8-4-7-11(9-12)10-5-2-1-3-6-10;/h1-18,25H;1-9H;1-9H,13H2;1H4. The Kier molecular flexibility index (Phi) is 13.8. The van der Waals surface area contributed by atoms with Crippen molar-refractivity contribution in [2.24, 2.45) is 0 Å². The zero-order chi connectivity index (χ0) is 35.1. The van der Waals surface area contributed by atoms with E-state index in [-0.39, 0.29) is 7.43 Å². The molecular weight excluding hydrogens is 696 g/mol. The Morgan fingerprint density at radius 2 is 0.615 bits per heavy atom. The second kappa shape index (κ2) is 19.3. The molecule has 0 fully saturated rings. The molecule has 0 heterocycles. The van der Waals surface area contributed by atoms with Crippen molar-refractivity contribution >= 4 is 33.0 Å². The van der Waals surface area contributed by atoms with Gasteiger partial charge in [-0.15, -0.1) is 0 Å². The van der Waals surface area contributed by atoms with Crippen molar-refractivity contribution in [3.05, 3.63) is 223 Å². The van der Waals surface area contributed by atoms with Gasteiger partial charge in [0, 0.05) is 21.5 Å². The van der Waals surface area contributed by atoms with Gasteiger partial charge in [-0.1, -0.05) is 193 Å². The van der Waals surface area contributed by atoms with Crippen molar-refractivity contribution in [3.63, 3.8) is 0 Å². The van der Waals surface area contributed by atoms with Crippen LogP contribution in [0, 0.1) is 0 Å². The average molecular weight is 740 g/mol. The Morgan fingerprint density at radius 3 is 0.981 bits per heavy atom. The first-order valence-corrected chi connectivity index (χ1v) is 17.7. The topological polar surface area (TPSA) is 38.0 Å². The van der Waals surface area contributed by atoms with Crippen LogP contribution < -0.4 is 11.1 Å². The van der Waals surface area contributed by atoms with Crippen molar-refractivity contribution in [2.75, 3.05) is 11.1 Å². The van der Waals surface area contributed by atoms with Crippen LogP contribution in [0.3, 0.4) is 0 Å². The summed E-state index contributed by atoms with van der Waals surface area (Å²) in [5, 5.41) is 3.52. The van der Waals surface area contributed by atoms with Gasteiger partial charge >= 0.3 is 0 Å². The molecule has 0 amide bonds. The van der Waals surface area contributed by atoms with Gasteiger partial charge in [-0.3, -0.25) is 0 Å². The molecule has 0 saturated carbocycles. The molecule has 0 radical (unpaired) electrons. The van der Waals surface area contributed by atoms with E-state index in [1.807, 2.05) is 66.7 Å². The summed E-state index contributed by atoms with van der Waals surface area (Å²) in [6.45, 7) is 0. The quantitative estimate of drug-likeness (QED) is 0.167. The minimum Gasteiger partial charge on any atom is -0.399 e. The van der Waals surface area contributed by atoms with Gasteiger partial charge in [-0.25, -0.2) is 0 Å². The lowest BCUT2D eigenvalue weighted by molar-refractivity contribution is 1.53. The molecule has 3 N–H and O–H groups in total. The fraction of sp³-hybridized carbons (Fsp3) is 0.0204. The van der Waals surface area contributed by atoms with Crippen LogP contribution >= 0.6 is 15.9 Å². The molecule has 0 saturated heterocycles. The number of nitrogens with two attached hydrogens (primary N) is 1. The van der Waals surface area contributed by atoms with E-state index in [9.17, 15) is 0 Å². The third kappa shape index (κ3) is 10.9. The maximum Gasteiger partial charge on any atom is 0.0390 e. The Balaban J connectivity index is 0.000000164. The second-order valence-corrected chi connectivity index (χ2v) is 12.8. The Hall–Kier alpha value is -6.16. The molecule has 8 rings (SSSR count). The molecule has 2 nitrogen and oxygen atoms in total. The van der Waals surface area contributed by atoms with Crippen LogP contribution in [0.25, 0.3) is 44.5 Å². The highest BCUT2D eigenvalue weighted by atomic mass is 79.9. The molecule has 0 atom stereocenters. The first kappa shape index (κ1) is 37.1. The van der Waals surface area contributed by atoms with Crippen molar-refractivity contribution in [1.82, 2.24) is 0 Å². The predicted octanol–water partition coefficient (Wildman–Crippen LogP) is 14.5. The first-order chi connectivity index (χ1) is 25.1. The van der Waals surface area contributed by atoms with Crippen LogP contribution in [0.4, 0.5) is 17.1 Å². The van der Waals surface area contributed by atoms with Gasteiger partial charge in [0.15, 0.2) is 0 Å². The molecule has 0 aliphatic heterocycles. The molecular formula is C49H43BrN2. The van der Waals surface area contributed by atoms with Crippen LogP contribution in [0.15, 0.2) is 223 Å². The van der Waals surface area contributed by atoms with Crippen LogP contribution in [-0.2, 0) is 0 Å². The molecule has 256 valence electrons. The molecule has 0 unspecified atom stereocenters. The van der Waals surface area contributed by atoms with Gasteiger partial charge in [-0.2, -0.15) is 0 Å². The SMILES string of the molecule is Brc1cccc(-c2ccccc2)c1.C.Nc1cccc(-c2ccccc2)c1.c1ccc(-c2cccc(Nc3cccc(-c4ccccc4)c3)c2)cc1. The zero-order valence-electron chi connectivity index (χ0n) is 28.2. The molecule has 52 heavy (non-hydrogen) atoms. The average Bonchev–Trinajstić information content (AvgIpc) is 3.20. The fourth-order valence-corrected chi connectivity index (χ4v) is 6.03. The summed E-state index contributed by atoms with van der Waals surface area (Å²) in [6, 6.07) is 74.7. The minimum absolute atomic E-state index is 0. The third-order valence-corrected chi connectivity index (χ3v) is 8.65. The molecule has 0 spiro atoms. The largest absolute Gasteiger partial charge is 0.399 e. The Bertz CT molecular complexity index is 2070. The summed E-state index contributed by atoms with van der Waals surface area (Å²) in [5.41, 5.74) is 18.4. The molecule has 0 bridgehead atoms. The highest BCUT2D eigenvalue weighted by Crippen LogP contribution is 2.28. The third-order valence-electron chi connectivity index (χ3n) is 8.15. The van der Waals surface area contributed by atoms with Gasteiger partial charge in [0.1, 0.15) is 0 Å². The zero-order valence-corrected chi connectivity index (χ0v) is 29.8. The van der Waals surface area contributed by atoms with E-state index in [1.54, 1.807) is 0 Å². The summed E-state index contributed by atoms with van der Waals surface area (Å²) in [5.74, 6) is 0. The molecule has 0 aliphatic carbocycles. The lowest BCUT2D eigenvalue weighted by Gasteiger charge is -2.10. The smallest absolute Gasteiger partial charge is 0.0390 e. The number of rotatable bonds is 6. The number of hydrogen-bond acceptors (Lipinski definition) is 2. The molecule has 8 aromatic rings. The van der Waals surface area contributed by atoms with Crippen molar-refractivity contribution in [1.29, 1.82) is 0 Å². The summed E-state index contributed by atoms with van der Waals surface area (Å²) in [4.78, 5) is 0. The number of hydrogen-bond donors (Lipinski definition) is 2. The summed E-state index contributed by atoms with van der Waals surface area (Å²) >= 11 is 3.46. The molecule has 0 aromatic heterocycles. The van der Waals surface area contributed by atoms with Crippen molar-refractivity contribution < 1.29 is 0 Å². The lowest BCUT2D eigenvalue weighted by atomic mass is 10.0. The van der Waals surface area contributed by atoms with E-state index >= 15 is 0 Å². The van der Waals surface area contributed by atoms with Crippen LogP contribution in [0.2, 0.25) is 0 Å². The predicted molar refractivity (Wildman–Crippen MR) is 230 cm³/mol. The molecule has 8 aromatic carbocycles. The number of nitrogen functional groups attached to an aromatic ring is 1. The monoisotopic (exact) mass is 738 g/mol. The lowest BCUT2D eigenvalue weighted by Crippen LogP contribution is -1.91. The summed E-state index contributed by atoms with van der Waals surface area (Å²) in [6.07, 6.45) is 0. The fourth-order valence-electron chi connectivity index (χ4n) is 5.63. The van der Waals surface area contributed by atoms with E-state index in [0.29, 0.717) is 0 Å². The van der Waals surface area contributed by atoms with Gasteiger partial charge in [0.2, 0.25) is 0 Å². The van der Waals surface area contributed by atoms with Crippen LogP contribution in [0.5, 0.6) is 0 Å². The highest BCUT2D eigenvalue weighted by molar-refractivity contribution is 9.10. The highest BCUT2D eigenvalue weighted by Gasteiger charge is 2.02.